The topological polar surface area (TPSA) is 50.1 Å². The maximum absolute atomic E-state index is 11.4. The molecule has 0 atom stereocenters. The van der Waals surface area contributed by atoms with E-state index in [0.717, 1.165) is 4.47 Å². The number of nitrogens with zero attached hydrogens (tertiary/aromatic N) is 1. The van der Waals surface area contributed by atoms with Gasteiger partial charge in [0.05, 0.1) is 19.6 Å². The van der Waals surface area contributed by atoms with Crippen molar-refractivity contribution in [2.75, 3.05) is 7.11 Å². The Balaban J connectivity index is 3.04. The van der Waals surface area contributed by atoms with E-state index in [9.17, 15) is 4.79 Å². The monoisotopic (exact) mass is 253 g/mol. The predicted molar refractivity (Wildman–Crippen MR) is 55.3 cm³/mol. The van der Waals surface area contributed by atoms with Crippen molar-refractivity contribution in [3.63, 3.8) is 0 Å². The molecule has 1 rings (SSSR count). The van der Waals surface area contributed by atoms with Crippen LogP contribution in [0.2, 0.25) is 0 Å². The first-order valence-corrected chi connectivity index (χ1v) is 4.71. The summed E-state index contributed by atoms with van der Waals surface area (Å²) < 4.78 is 5.76. The van der Waals surface area contributed by atoms with Crippen LogP contribution in [0.5, 0.6) is 5.75 Å². The number of halogens is 1. The quantitative estimate of drug-likeness (QED) is 0.779. The van der Waals surface area contributed by atoms with Gasteiger partial charge in [0.25, 0.3) is 0 Å². The van der Waals surface area contributed by atoms with Crippen LogP contribution in [0.25, 0.3) is 0 Å². The van der Waals surface area contributed by atoms with Crippen LogP contribution in [-0.4, -0.2) is 12.9 Å². The predicted octanol–water partition coefficient (Wildman–Crippen LogP) is 2.55. The molecule has 0 amide bonds. The number of ether oxygens (including phenoxy) is 1. The molecule has 0 spiro atoms. The Labute approximate surface area is 90.4 Å². The number of benzene rings is 1. The number of carbonyl (C=O) groups excluding carboxylic acids is 1. The van der Waals surface area contributed by atoms with Crippen LogP contribution >= 0.6 is 15.9 Å². The Kier molecular flexibility index (Phi) is 3.66. The molecule has 0 fully saturated rings. The standard InChI is InChI=1S/C10H8BrNO2/c1-14-9-5-7(4-8(11)6-9)10(13)2-3-12/h4-6H,2H2,1H3. The molecular formula is C10H8BrNO2. The van der Waals surface area contributed by atoms with Gasteiger partial charge in [-0.05, 0) is 18.2 Å². The zero-order valence-corrected chi connectivity index (χ0v) is 9.17. The summed E-state index contributed by atoms with van der Waals surface area (Å²) in [6, 6.07) is 6.85. The number of nitriles is 1. The van der Waals surface area contributed by atoms with Gasteiger partial charge >= 0.3 is 0 Å². The summed E-state index contributed by atoms with van der Waals surface area (Å²) in [4.78, 5) is 11.4. The first-order chi connectivity index (χ1) is 6.67. The van der Waals surface area contributed by atoms with E-state index in [0.29, 0.717) is 11.3 Å². The molecule has 3 nitrogen and oxygen atoms in total. The van der Waals surface area contributed by atoms with Crippen LogP contribution in [0, 0.1) is 11.3 Å². The molecule has 0 heterocycles. The molecule has 0 saturated carbocycles. The summed E-state index contributed by atoms with van der Waals surface area (Å²) in [6.07, 6.45) is -0.112. The second kappa shape index (κ2) is 4.77. The minimum atomic E-state index is -0.202. The van der Waals surface area contributed by atoms with Gasteiger partial charge in [-0.1, -0.05) is 15.9 Å². The van der Waals surface area contributed by atoms with E-state index in [1.807, 2.05) is 6.07 Å². The molecule has 0 aliphatic rings. The van der Waals surface area contributed by atoms with E-state index < -0.39 is 0 Å². The van der Waals surface area contributed by atoms with E-state index in [2.05, 4.69) is 15.9 Å². The van der Waals surface area contributed by atoms with Crippen molar-refractivity contribution in [1.82, 2.24) is 0 Å². The maximum Gasteiger partial charge on any atom is 0.177 e. The highest BCUT2D eigenvalue weighted by atomic mass is 79.9. The van der Waals surface area contributed by atoms with Crippen LogP contribution < -0.4 is 4.74 Å². The van der Waals surface area contributed by atoms with Crippen LogP contribution in [0.15, 0.2) is 22.7 Å². The lowest BCUT2D eigenvalue weighted by Crippen LogP contribution is -1.98. The summed E-state index contributed by atoms with van der Waals surface area (Å²) in [7, 11) is 1.53. The van der Waals surface area contributed by atoms with Crippen molar-refractivity contribution < 1.29 is 9.53 Å². The van der Waals surface area contributed by atoms with Crippen molar-refractivity contribution in [3.05, 3.63) is 28.2 Å². The van der Waals surface area contributed by atoms with Crippen molar-refractivity contribution in [2.45, 2.75) is 6.42 Å². The Morgan fingerprint density at radius 1 is 1.57 bits per heavy atom. The lowest BCUT2D eigenvalue weighted by atomic mass is 10.1. The molecule has 0 aliphatic heterocycles. The fourth-order valence-corrected chi connectivity index (χ4v) is 1.49. The number of hydrogen-bond acceptors (Lipinski definition) is 3. The molecule has 4 heteroatoms. The normalized spacial score (nSPS) is 9.21. The summed E-state index contributed by atoms with van der Waals surface area (Å²) in [5.41, 5.74) is 0.484. The lowest BCUT2D eigenvalue weighted by Gasteiger charge is -2.03. The van der Waals surface area contributed by atoms with Crippen LogP contribution in [0.3, 0.4) is 0 Å². The van der Waals surface area contributed by atoms with E-state index >= 15 is 0 Å². The highest BCUT2D eigenvalue weighted by molar-refractivity contribution is 9.10. The molecule has 1 aromatic carbocycles. The minimum absolute atomic E-state index is 0.112. The second-order valence-electron chi connectivity index (χ2n) is 2.64. The molecule has 72 valence electrons. The molecule has 14 heavy (non-hydrogen) atoms. The Morgan fingerprint density at radius 3 is 2.86 bits per heavy atom. The number of carbonyl (C=O) groups is 1. The van der Waals surface area contributed by atoms with Crippen LogP contribution in [-0.2, 0) is 0 Å². The molecule has 0 aromatic heterocycles. The summed E-state index contributed by atoms with van der Waals surface area (Å²) in [5, 5.41) is 8.38. The van der Waals surface area contributed by atoms with E-state index in [-0.39, 0.29) is 12.2 Å². The first kappa shape index (κ1) is 10.7. The zero-order chi connectivity index (χ0) is 10.6. The zero-order valence-electron chi connectivity index (χ0n) is 7.58. The van der Waals surface area contributed by atoms with Gasteiger partial charge in [0.15, 0.2) is 5.78 Å². The third-order valence-corrected chi connectivity index (χ3v) is 2.13. The van der Waals surface area contributed by atoms with Crippen LogP contribution in [0.1, 0.15) is 16.8 Å². The van der Waals surface area contributed by atoms with E-state index in [4.69, 9.17) is 10.00 Å². The van der Waals surface area contributed by atoms with Gasteiger partial charge in [-0.2, -0.15) is 5.26 Å². The van der Waals surface area contributed by atoms with Crippen molar-refractivity contribution in [1.29, 1.82) is 5.26 Å². The fraction of sp³-hybridized carbons (Fsp3) is 0.200. The molecule has 0 radical (unpaired) electrons. The first-order valence-electron chi connectivity index (χ1n) is 3.92. The highest BCUT2D eigenvalue weighted by Crippen LogP contribution is 2.21. The largest absolute Gasteiger partial charge is 0.497 e. The molecular weight excluding hydrogens is 246 g/mol. The van der Waals surface area contributed by atoms with Gasteiger partial charge in [-0.3, -0.25) is 4.79 Å². The summed E-state index contributed by atoms with van der Waals surface area (Å²) in [6.45, 7) is 0. The van der Waals surface area contributed by atoms with E-state index in [1.54, 1.807) is 18.2 Å². The Hall–Kier alpha value is -1.34. The molecule has 1 aromatic rings. The third kappa shape index (κ3) is 2.57. The van der Waals surface area contributed by atoms with Crippen LogP contribution in [0.4, 0.5) is 0 Å². The highest BCUT2D eigenvalue weighted by Gasteiger charge is 2.07. The van der Waals surface area contributed by atoms with Crippen molar-refractivity contribution in [2.24, 2.45) is 0 Å². The van der Waals surface area contributed by atoms with Crippen molar-refractivity contribution >= 4 is 21.7 Å². The molecule has 0 aliphatic carbocycles. The number of ketones is 1. The second-order valence-corrected chi connectivity index (χ2v) is 3.55. The van der Waals surface area contributed by atoms with Gasteiger partial charge < -0.3 is 4.74 Å². The smallest absolute Gasteiger partial charge is 0.177 e. The van der Waals surface area contributed by atoms with Gasteiger partial charge in [0, 0.05) is 10.0 Å². The fourth-order valence-electron chi connectivity index (χ4n) is 1.02. The molecule has 0 saturated heterocycles. The minimum Gasteiger partial charge on any atom is -0.497 e. The SMILES string of the molecule is COc1cc(Br)cc(C(=O)CC#N)c1. The Bertz CT molecular complexity index is 396. The Morgan fingerprint density at radius 2 is 2.29 bits per heavy atom. The molecule has 0 bridgehead atoms. The van der Waals surface area contributed by atoms with Gasteiger partial charge in [-0.15, -0.1) is 0 Å². The molecule has 0 unspecified atom stereocenters. The average molecular weight is 254 g/mol. The van der Waals surface area contributed by atoms with Gasteiger partial charge in [-0.25, -0.2) is 0 Å². The summed E-state index contributed by atoms with van der Waals surface area (Å²) in [5.74, 6) is 0.396. The number of hydrogen-bond donors (Lipinski definition) is 0. The van der Waals surface area contributed by atoms with Gasteiger partial charge in [0.2, 0.25) is 0 Å². The molecule has 0 N–H and O–H groups in total. The number of Topliss-reactive ketones (excluding diaryl/α,β-unsaturated/α-hetero) is 1. The number of rotatable bonds is 3. The maximum atomic E-state index is 11.4. The van der Waals surface area contributed by atoms with Gasteiger partial charge in [0.1, 0.15) is 5.75 Å². The summed E-state index contributed by atoms with van der Waals surface area (Å²) >= 11 is 3.26. The average Bonchev–Trinajstić information content (AvgIpc) is 2.17. The van der Waals surface area contributed by atoms with Crippen molar-refractivity contribution in [3.8, 4) is 11.8 Å². The van der Waals surface area contributed by atoms with E-state index in [1.165, 1.54) is 7.11 Å². The number of methoxy groups -OCH3 is 1. The third-order valence-electron chi connectivity index (χ3n) is 1.67. The lowest BCUT2D eigenvalue weighted by molar-refractivity contribution is 0.0997.